The van der Waals surface area contributed by atoms with Gasteiger partial charge in [0.05, 0.1) is 10.8 Å². The van der Waals surface area contributed by atoms with Crippen molar-refractivity contribution in [3.63, 3.8) is 0 Å². The molecule has 1 saturated carbocycles. The van der Waals surface area contributed by atoms with Crippen LogP contribution in [0.5, 0.6) is 0 Å². The average molecular weight is 445 g/mol. The Morgan fingerprint density at radius 2 is 1.87 bits per heavy atom. The molecule has 0 unspecified atom stereocenters. The van der Waals surface area contributed by atoms with Crippen LogP contribution in [0.15, 0.2) is 53.7 Å². The van der Waals surface area contributed by atoms with Crippen LogP contribution in [0.25, 0.3) is 11.4 Å². The van der Waals surface area contributed by atoms with E-state index in [4.69, 9.17) is 11.6 Å². The molecule has 0 saturated heterocycles. The average Bonchev–Trinajstić information content (AvgIpc) is 3.41. The monoisotopic (exact) mass is 444 g/mol. The Balaban J connectivity index is 1.48. The van der Waals surface area contributed by atoms with Crippen molar-refractivity contribution in [2.45, 2.75) is 43.4 Å². The van der Waals surface area contributed by atoms with Gasteiger partial charge in [-0.2, -0.15) is 0 Å². The number of carbonyl (C=O) groups excluding carboxylic acids is 1. The lowest BCUT2D eigenvalue weighted by atomic mass is 10.2. The van der Waals surface area contributed by atoms with Crippen LogP contribution < -0.4 is 5.32 Å². The maximum atomic E-state index is 13.7. The highest BCUT2D eigenvalue weighted by atomic mass is 35.5. The number of amides is 1. The minimum atomic E-state index is -0.323. The van der Waals surface area contributed by atoms with Gasteiger partial charge in [-0.3, -0.25) is 9.36 Å². The number of benzene rings is 2. The van der Waals surface area contributed by atoms with E-state index in [-0.39, 0.29) is 24.0 Å². The number of rotatable bonds is 7. The van der Waals surface area contributed by atoms with E-state index in [1.165, 1.54) is 17.8 Å². The van der Waals surface area contributed by atoms with Crippen LogP contribution in [0.3, 0.4) is 0 Å². The standard InChI is InChI=1S/C22H22ClFN4OS/c23-18-11-5-4-10-17(18)21-26-27-22(28(21)16-8-2-3-9-16)30-14-20(29)25-13-15-7-1-6-12-19(15)24/h1,4-7,10-12,16H,2-3,8-9,13-14H2,(H,25,29). The second kappa shape index (κ2) is 9.62. The van der Waals surface area contributed by atoms with E-state index in [2.05, 4.69) is 20.1 Å². The Labute approximate surface area is 184 Å². The fourth-order valence-electron chi connectivity index (χ4n) is 3.71. The van der Waals surface area contributed by atoms with Gasteiger partial charge in [-0.25, -0.2) is 4.39 Å². The van der Waals surface area contributed by atoms with Crippen LogP contribution in [-0.2, 0) is 11.3 Å². The number of hydrogen-bond acceptors (Lipinski definition) is 4. The molecule has 1 aliphatic rings. The molecule has 0 radical (unpaired) electrons. The molecule has 0 aliphatic heterocycles. The number of hydrogen-bond donors (Lipinski definition) is 1. The molecule has 1 amide bonds. The van der Waals surface area contributed by atoms with Crippen LogP contribution >= 0.6 is 23.4 Å². The molecule has 3 aromatic rings. The van der Waals surface area contributed by atoms with Crippen molar-refractivity contribution in [1.29, 1.82) is 0 Å². The highest BCUT2D eigenvalue weighted by molar-refractivity contribution is 7.99. The molecule has 1 aliphatic carbocycles. The first kappa shape index (κ1) is 20.9. The number of nitrogens with zero attached hydrogens (tertiary/aromatic N) is 3. The van der Waals surface area contributed by atoms with E-state index < -0.39 is 0 Å². The summed E-state index contributed by atoms with van der Waals surface area (Å²) in [5, 5.41) is 12.9. The van der Waals surface area contributed by atoms with E-state index in [0.717, 1.165) is 37.1 Å². The van der Waals surface area contributed by atoms with Crippen molar-refractivity contribution in [3.05, 3.63) is 64.9 Å². The first-order chi connectivity index (χ1) is 14.6. The summed E-state index contributed by atoms with van der Waals surface area (Å²) in [5.41, 5.74) is 1.31. The molecule has 0 atom stereocenters. The van der Waals surface area contributed by atoms with Crippen molar-refractivity contribution < 1.29 is 9.18 Å². The van der Waals surface area contributed by atoms with Crippen molar-refractivity contribution in [2.75, 3.05) is 5.75 Å². The smallest absolute Gasteiger partial charge is 0.230 e. The molecule has 5 nitrogen and oxygen atoms in total. The number of aromatic nitrogens is 3. The third-order valence-corrected chi connectivity index (χ3v) is 6.51. The molecule has 8 heteroatoms. The molecular weight excluding hydrogens is 423 g/mol. The maximum absolute atomic E-state index is 13.7. The molecule has 1 heterocycles. The van der Waals surface area contributed by atoms with Crippen molar-refractivity contribution >= 4 is 29.3 Å². The molecule has 0 spiro atoms. The SMILES string of the molecule is O=C(CSc1nnc(-c2ccccc2Cl)n1C1CCCC1)NCc1ccccc1F. The first-order valence-electron chi connectivity index (χ1n) is 9.96. The van der Waals surface area contributed by atoms with Gasteiger partial charge in [0.1, 0.15) is 5.82 Å². The van der Waals surface area contributed by atoms with E-state index in [0.29, 0.717) is 21.8 Å². The molecular formula is C22H22ClFN4OS. The Bertz CT molecular complexity index is 1040. The van der Waals surface area contributed by atoms with E-state index in [1.807, 2.05) is 24.3 Å². The van der Waals surface area contributed by atoms with Gasteiger partial charge in [0.2, 0.25) is 5.91 Å². The zero-order valence-electron chi connectivity index (χ0n) is 16.4. The van der Waals surface area contributed by atoms with Crippen molar-refractivity contribution in [3.8, 4) is 11.4 Å². The Morgan fingerprint density at radius 3 is 2.63 bits per heavy atom. The molecule has 0 bridgehead atoms. The lowest BCUT2D eigenvalue weighted by molar-refractivity contribution is -0.118. The van der Waals surface area contributed by atoms with Crippen LogP contribution in [0.4, 0.5) is 4.39 Å². The van der Waals surface area contributed by atoms with E-state index >= 15 is 0 Å². The lowest BCUT2D eigenvalue weighted by Gasteiger charge is -2.17. The zero-order valence-corrected chi connectivity index (χ0v) is 17.9. The highest BCUT2D eigenvalue weighted by Gasteiger charge is 2.26. The molecule has 4 rings (SSSR count). The number of halogens is 2. The largest absolute Gasteiger partial charge is 0.351 e. The lowest BCUT2D eigenvalue weighted by Crippen LogP contribution is -2.25. The molecule has 2 aromatic carbocycles. The Hall–Kier alpha value is -2.38. The predicted octanol–water partition coefficient (Wildman–Crippen LogP) is 5.26. The molecule has 1 fully saturated rings. The summed E-state index contributed by atoms with van der Waals surface area (Å²) in [5.74, 6) is 0.419. The summed E-state index contributed by atoms with van der Waals surface area (Å²) in [7, 11) is 0. The summed E-state index contributed by atoms with van der Waals surface area (Å²) in [4.78, 5) is 12.3. The number of nitrogens with one attached hydrogen (secondary N) is 1. The van der Waals surface area contributed by atoms with E-state index in [9.17, 15) is 9.18 Å². The molecule has 156 valence electrons. The second-order valence-corrected chi connectivity index (χ2v) is 8.60. The minimum absolute atomic E-state index is 0.159. The van der Waals surface area contributed by atoms with Gasteiger partial charge < -0.3 is 5.32 Å². The van der Waals surface area contributed by atoms with Crippen LogP contribution in [0.2, 0.25) is 5.02 Å². The first-order valence-corrected chi connectivity index (χ1v) is 11.3. The Morgan fingerprint density at radius 1 is 1.13 bits per heavy atom. The van der Waals surface area contributed by atoms with Crippen LogP contribution in [-0.4, -0.2) is 26.4 Å². The second-order valence-electron chi connectivity index (χ2n) is 7.25. The van der Waals surface area contributed by atoms with Gasteiger partial charge >= 0.3 is 0 Å². The van der Waals surface area contributed by atoms with Gasteiger partial charge in [0.25, 0.3) is 0 Å². The fraction of sp³-hybridized carbons (Fsp3) is 0.318. The molecule has 1 N–H and O–H groups in total. The van der Waals surface area contributed by atoms with Crippen LogP contribution in [0.1, 0.15) is 37.3 Å². The quantitative estimate of drug-likeness (QED) is 0.505. The third kappa shape index (κ3) is 4.68. The third-order valence-electron chi connectivity index (χ3n) is 5.24. The summed E-state index contributed by atoms with van der Waals surface area (Å²) in [6, 6.07) is 14.3. The highest BCUT2D eigenvalue weighted by Crippen LogP contribution is 2.38. The zero-order chi connectivity index (χ0) is 20.9. The maximum Gasteiger partial charge on any atom is 0.230 e. The van der Waals surface area contributed by atoms with Gasteiger partial charge in [0.15, 0.2) is 11.0 Å². The number of thioether (sulfide) groups is 1. The minimum Gasteiger partial charge on any atom is -0.351 e. The summed E-state index contributed by atoms with van der Waals surface area (Å²) >= 11 is 7.75. The predicted molar refractivity (Wildman–Crippen MR) is 117 cm³/mol. The van der Waals surface area contributed by atoms with Gasteiger partial charge in [-0.1, -0.05) is 66.5 Å². The van der Waals surface area contributed by atoms with Gasteiger partial charge in [-0.15, -0.1) is 10.2 Å². The number of carbonyl (C=O) groups is 1. The summed E-state index contributed by atoms with van der Waals surface area (Å²) < 4.78 is 15.9. The topological polar surface area (TPSA) is 59.8 Å². The fourth-order valence-corrected chi connectivity index (χ4v) is 4.77. The normalized spacial score (nSPS) is 14.2. The van der Waals surface area contributed by atoms with Crippen molar-refractivity contribution in [1.82, 2.24) is 20.1 Å². The van der Waals surface area contributed by atoms with Crippen molar-refractivity contribution in [2.24, 2.45) is 0 Å². The van der Waals surface area contributed by atoms with Gasteiger partial charge in [0, 0.05) is 23.7 Å². The van der Waals surface area contributed by atoms with E-state index in [1.54, 1.807) is 18.2 Å². The molecule has 1 aromatic heterocycles. The molecule has 30 heavy (non-hydrogen) atoms. The van der Waals surface area contributed by atoms with Gasteiger partial charge in [-0.05, 0) is 31.0 Å². The summed E-state index contributed by atoms with van der Waals surface area (Å²) in [6.07, 6.45) is 4.45. The van der Waals surface area contributed by atoms with Crippen LogP contribution in [0, 0.1) is 5.82 Å². The Kier molecular flexibility index (Phi) is 6.69. The summed E-state index contributed by atoms with van der Waals surface area (Å²) in [6.45, 7) is 0.159.